The minimum Gasteiger partial charge on any atom is -0.381 e. The molecule has 0 saturated heterocycles. The predicted octanol–water partition coefficient (Wildman–Crippen LogP) is 3.30. The van der Waals surface area contributed by atoms with Crippen LogP contribution in [-0.2, 0) is 11.3 Å². The summed E-state index contributed by atoms with van der Waals surface area (Å²) in [7, 11) is 1.72. The van der Waals surface area contributed by atoms with Crippen LogP contribution in [0.2, 0.25) is 0 Å². The van der Waals surface area contributed by atoms with Crippen LogP contribution in [0.25, 0.3) is 27.9 Å². The Bertz CT molecular complexity index is 1210. The number of nitrogens with one attached hydrogen (secondary N) is 1. The second-order valence-corrected chi connectivity index (χ2v) is 7.51. The second-order valence-electron chi connectivity index (χ2n) is 7.51. The molecule has 0 aromatic carbocycles. The highest BCUT2D eigenvalue weighted by Crippen LogP contribution is 2.28. The standard InChI is InChI=1S/C20H21F2N7O/c1-11-24-16-4-3-15(26-19(16)28(11)10-18(21)22)14-5-6-29-17(14)9-23-20(27-29)25-12-7-13(8-12)30-2/h3-6,9,12-13,18H,7-8,10H2,1-2H3,(H,25,27). The summed E-state index contributed by atoms with van der Waals surface area (Å²) in [5.74, 6) is 1.07. The number of ether oxygens (including phenoxy) is 1. The van der Waals surface area contributed by atoms with Crippen LogP contribution < -0.4 is 5.32 Å². The molecule has 10 heteroatoms. The van der Waals surface area contributed by atoms with Crippen LogP contribution in [0.3, 0.4) is 0 Å². The van der Waals surface area contributed by atoms with Crippen LogP contribution in [0.15, 0.2) is 30.6 Å². The molecule has 0 unspecified atom stereocenters. The molecule has 4 aromatic heterocycles. The third-order valence-electron chi connectivity index (χ3n) is 5.56. The fourth-order valence-electron chi connectivity index (χ4n) is 3.86. The lowest BCUT2D eigenvalue weighted by atomic mass is 9.89. The van der Waals surface area contributed by atoms with Crippen LogP contribution in [0.4, 0.5) is 14.7 Å². The van der Waals surface area contributed by atoms with E-state index in [1.54, 1.807) is 30.8 Å². The Morgan fingerprint density at radius 1 is 1.23 bits per heavy atom. The van der Waals surface area contributed by atoms with Crippen molar-refractivity contribution in [3.05, 3.63) is 36.4 Å². The molecule has 1 fully saturated rings. The van der Waals surface area contributed by atoms with Gasteiger partial charge in [0.25, 0.3) is 6.43 Å². The van der Waals surface area contributed by atoms with E-state index in [1.165, 1.54) is 4.57 Å². The van der Waals surface area contributed by atoms with E-state index in [0.29, 0.717) is 40.8 Å². The Morgan fingerprint density at radius 3 is 2.83 bits per heavy atom. The molecule has 1 aliphatic rings. The number of hydrogen-bond acceptors (Lipinski definition) is 6. The highest BCUT2D eigenvalue weighted by Gasteiger charge is 2.29. The monoisotopic (exact) mass is 413 g/mol. The molecule has 1 aliphatic carbocycles. The maximum Gasteiger partial charge on any atom is 0.256 e. The first kappa shape index (κ1) is 18.9. The normalized spacial score (nSPS) is 19.0. The van der Waals surface area contributed by atoms with Gasteiger partial charge in [-0.3, -0.25) is 0 Å². The zero-order chi connectivity index (χ0) is 20.8. The van der Waals surface area contributed by atoms with Gasteiger partial charge in [-0.2, -0.15) is 0 Å². The number of rotatable bonds is 6. The van der Waals surface area contributed by atoms with Gasteiger partial charge in [0.2, 0.25) is 5.95 Å². The van der Waals surface area contributed by atoms with E-state index in [0.717, 1.165) is 23.9 Å². The van der Waals surface area contributed by atoms with Crippen molar-refractivity contribution in [2.45, 2.75) is 44.9 Å². The van der Waals surface area contributed by atoms with Crippen molar-refractivity contribution in [2.24, 2.45) is 0 Å². The van der Waals surface area contributed by atoms with E-state index in [4.69, 9.17) is 4.74 Å². The van der Waals surface area contributed by atoms with Gasteiger partial charge in [-0.15, -0.1) is 5.10 Å². The van der Waals surface area contributed by atoms with E-state index in [2.05, 4.69) is 25.4 Å². The van der Waals surface area contributed by atoms with E-state index in [9.17, 15) is 8.78 Å². The number of pyridine rings is 1. The number of aryl methyl sites for hydroxylation is 1. The fourth-order valence-corrected chi connectivity index (χ4v) is 3.86. The molecule has 0 radical (unpaired) electrons. The zero-order valence-corrected chi connectivity index (χ0v) is 16.6. The molecule has 1 N–H and O–H groups in total. The summed E-state index contributed by atoms with van der Waals surface area (Å²) in [5, 5.41) is 7.84. The van der Waals surface area contributed by atoms with Gasteiger partial charge in [-0.05, 0) is 38.0 Å². The number of fused-ring (bicyclic) bond motifs is 2. The summed E-state index contributed by atoms with van der Waals surface area (Å²) < 4.78 is 34.4. The molecule has 0 bridgehead atoms. The third-order valence-corrected chi connectivity index (χ3v) is 5.56. The minimum absolute atomic E-state index is 0.299. The summed E-state index contributed by atoms with van der Waals surface area (Å²) in [5.41, 5.74) is 3.31. The Kier molecular flexibility index (Phi) is 4.58. The zero-order valence-electron chi connectivity index (χ0n) is 16.6. The SMILES string of the molecule is COC1CC(Nc2ncc3c(-c4ccc5nc(C)n(CC(F)F)c5n4)ccn3n2)C1. The van der Waals surface area contributed by atoms with Gasteiger partial charge >= 0.3 is 0 Å². The third kappa shape index (κ3) is 3.26. The first-order valence-electron chi connectivity index (χ1n) is 9.78. The van der Waals surface area contributed by atoms with Gasteiger partial charge in [-0.25, -0.2) is 28.2 Å². The first-order chi connectivity index (χ1) is 14.5. The number of alkyl halides is 2. The smallest absolute Gasteiger partial charge is 0.256 e. The molecule has 5 rings (SSSR count). The van der Waals surface area contributed by atoms with Crippen LogP contribution >= 0.6 is 0 Å². The number of aromatic nitrogens is 6. The van der Waals surface area contributed by atoms with Gasteiger partial charge in [0.05, 0.1) is 30.1 Å². The number of anilines is 1. The van der Waals surface area contributed by atoms with Gasteiger partial charge in [0, 0.05) is 24.9 Å². The van der Waals surface area contributed by atoms with Crippen molar-refractivity contribution in [3.63, 3.8) is 0 Å². The molecule has 0 atom stereocenters. The summed E-state index contributed by atoms with van der Waals surface area (Å²) in [4.78, 5) is 13.4. The summed E-state index contributed by atoms with van der Waals surface area (Å²) in [6, 6.07) is 5.84. The molecule has 156 valence electrons. The number of imidazole rings is 1. The summed E-state index contributed by atoms with van der Waals surface area (Å²) in [6.07, 6.45) is 3.27. The highest BCUT2D eigenvalue weighted by molar-refractivity contribution is 5.82. The Balaban J connectivity index is 1.46. The first-order valence-corrected chi connectivity index (χ1v) is 9.78. The van der Waals surface area contributed by atoms with Crippen LogP contribution in [-0.4, -0.2) is 54.8 Å². The molecule has 0 amide bonds. The van der Waals surface area contributed by atoms with E-state index < -0.39 is 13.0 Å². The van der Waals surface area contributed by atoms with E-state index in [-0.39, 0.29) is 0 Å². The lowest BCUT2D eigenvalue weighted by Crippen LogP contribution is -2.40. The van der Waals surface area contributed by atoms with Crippen LogP contribution in [0.5, 0.6) is 0 Å². The number of halogens is 2. The maximum absolute atomic E-state index is 13.0. The maximum atomic E-state index is 13.0. The van der Waals surface area contributed by atoms with Crippen molar-refractivity contribution in [1.29, 1.82) is 0 Å². The summed E-state index contributed by atoms with van der Waals surface area (Å²) in [6.45, 7) is 1.27. The Hall–Kier alpha value is -3.14. The number of methoxy groups -OCH3 is 1. The summed E-state index contributed by atoms with van der Waals surface area (Å²) >= 11 is 0. The van der Waals surface area contributed by atoms with Crippen molar-refractivity contribution < 1.29 is 13.5 Å². The van der Waals surface area contributed by atoms with Crippen LogP contribution in [0.1, 0.15) is 18.7 Å². The van der Waals surface area contributed by atoms with Crippen LogP contribution in [0, 0.1) is 6.92 Å². The number of hydrogen-bond donors (Lipinski definition) is 1. The average molecular weight is 413 g/mol. The fraction of sp³-hybridized carbons (Fsp3) is 0.400. The lowest BCUT2D eigenvalue weighted by Gasteiger charge is -2.34. The van der Waals surface area contributed by atoms with E-state index in [1.807, 2.05) is 18.3 Å². The minimum atomic E-state index is -2.48. The van der Waals surface area contributed by atoms with Gasteiger partial charge in [0.15, 0.2) is 5.65 Å². The van der Waals surface area contributed by atoms with E-state index >= 15 is 0 Å². The largest absolute Gasteiger partial charge is 0.381 e. The lowest BCUT2D eigenvalue weighted by molar-refractivity contribution is 0.0326. The van der Waals surface area contributed by atoms with Crippen molar-refractivity contribution in [1.82, 2.24) is 29.1 Å². The molecule has 1 saturated carbocycles. The topological polar surface area (TPSA) is 82.2 Å². The van der Waals surface area contributed by atoms with Crippen molar-refractivity contribution >= 4 is 22.6 Å². The molecule has 8 nitrogen and oxygen atoms in total. The molecular weight excluding hydrogens is 392 g/mol. The predicted molar refractivity (Wildman–Crippen MR) is 108 cm³/mol. The molecule has 0 aliphatic heterocycles. The molecular formula is C20H21F2N7O. The van der Waals surface area contributed by atoms with Gasteiger partial charge in [0.1, 0.15) is 11.3 Å². The Morgan fingerprint density at radius 2 is 2.07 bits per heavy atom. The molecule has 0 spiro atoms. The average Bonchev–Trinajstić information content (AvgIpc) is 3.24. The second kappa shape index (κ2) is 7.28. The molecule has 4 aromatic rings. The van der Waals surface area contributed by atoms with Crippen molar-refractivity contribution in [2.75, 3.05) is 12.4 Å². The van der Waals surface area contributed by atoms with Gasteiger partial charge in [-0.1, -0.05) is 0 Å². The molecule has 30 heavy (non-hydrogen) atoms. The highest BCUT2D eigenvalue weighted by atomic mass is 19.3. The number of nitrogens with zero attached hydrogens (tertiary/aromatic N) is 6. The quantitative estimate of drug-likeness (QED) is 0.522. The molecule has 4 heterocycles. The van der Waals surface area contributed by atoms with Crippen molar-refractivity contribution in [3.8, 4) is 11.3 Å². The Labute approximate surface area is 170 Å². The van der Waals surface area contributed by atoms with Gasteiger partial charge < -0.3 is 14.6 Å².